The fraction of sp³-hybridized carbons (Fsp3) is 0.214. The number of methoxy groups -OCH3 is 1. The van der Waals surface area contributed by atoms with Crippen LogP contribution in [0.15, 0.2) is 49.6 Å². The summed E-state index contributed by atoms with van der Waals surface area (Å²) in [6.45, 7) is 9.72. The number of benzene rings is 1. The summed E-state index contributed by atoms with van der Waals surface area (Å²) in [5.74, 6) is 0.335. The fourth-order valence-electron chi connectivity index (χ4n) is 1.52. The zero-order valence-corrected chi connectivity index (χ0v) is 12.2. The van der Waals surface area contributed by atoms with Crippen molar-refractivity contribution in [2.75, 3.05) is 7.11 Å². The standard InChI is InChI=1S/C14H18O3Si/c1-5-14(6-2,18-4)17-12-9-7-11(8-10-12)13(15)16-3/h5-10H,1-2,18H2,3-4H3. The molecule has 0 spiro atoms. The van der Waals surface area contributed by atoms with Gasteiger partial charge in [0.25, 0.3) is 0 Å². The summed E-state index contributed by atoms with van der Waals surface area (Å²) in [5, 5.41) is -0.438. The molecule has 0 N–H and O–H groups in total. The Morgan fingerprint density at radius 3 is 2.22 bits per heavy atom. The Kier molecular flexibility index (Phi) is 4.92. The quantitative estimate of drug-likeness (QED) is 0.447. The Morgan fingerprint density at radius 2 is 1.83 bits per heavy atom. The monoisotopic (exact) mass is 262 g/mol. The maximum Gasteiger partial charge on any atom is 0.337 e. The Bertz CT molecular complexity index is 429. The summed E-state index contributed by atoms with van der Waals surface area (Å²) in [4.78, 5) is 11.3. The Hall–Kier alpha value is -1.81. The molecule has 4 heteroatoms. The lowest BCUT2D eigenvalue weighted by atomic mass is 10.2. The summed E-state index contributed by atoms with van der Waals surface area (Å²) in [6.07, 6.45) is 3.56. The van der Waals surface area contributed by atoms with E-state index < -0.39 is 14.7 Å². The first-order valence-corrected chi connectivity index (χ1v) is 7.87. The van der Waals surface area contributed by atoms with Gasteiger partial charge in [0.05, 0.1) is 22.2 Å². The highest BCUT2D eigenvalue weighted by Crippen LogP contribution is 2.21. The van der Waals surface area contributed by atoms with Crippen molar-refractivity contribution in [1.82, 2.24) is 0 Å². The molecule has 0 aliphatic rings. The van der Waals surface area contributed by atoms with Crippen LogP contribution >= 0.6 is 0 Å². The lowest BCUT2D eigenvalue weighted by Gasteiger charge is -2.26. The van der Waals surface area contributed by atoms with Crippen molar-refractivity contribution in [3.05, 3.63) is 55.1 Å². The number of hydrogen-bond acceptors (Lipinski definition) is 3. The average Bonchev–Trinajstić information content (AvgIpc) is 2.45. The molecule has 0 saturated carbocycles. The molecule has 0 saturated heterocycles. The molecule has 0 aliphatic carbocycles. The SMILES string of the molecule is C=CC(C=C)(Oc1ccc(C(=O)OC)cc1)[SiH2]C. The van der Waals surface area contributed by atoms with E-state index in [4.69, 9.17) is 4.74 Å². The third-order valence-corrected chi connectivity index (χ3v) is 4.65. The second kappa shape index (κ2) is 6.21. The second-order valence-corrected chi connectivity index (χ2v) is 5.65. The highest BCUT2D eigenvalue weighted by molar-refractivity contribution is 6.39. The van der Waals surface area contributed by atoms with Crippen LogP contribution in [0.25, 0.3) is 0 Å². The molecule has 1 aromatic rings. The van der Waals surface area contributed by atoms with E-state index in [-0.39, 0.29) is 5.97 Å². The van der Waals surface area contributed by atoms with Gasteiger partial charge in [-0.3, -0.25) is 0 Å². The topological polar surface area (TPSA) is 35.5 Å². The predicted molar refractivity (Wildman–Crippen MR) is 75.9 cm³/mol. The molecule has 0 bridgehead atoms. The van der Waals surface area contributed by atoms with E-state index in [2.05, 4.69) is 24.4 Å². The molecule has 0 fully saturated rings. The molecule has 0 aliphatic heterocycles. The number of rotatable bonds is 6. The highest BCUT2D eigenvalue weighted by Gasteiger charge is 2.22. The average molecular weight is 262 g/mol. The molecule has 0 unspecified atom stereocenters. The van der Waals surface area contributed by atoms with Crippen LogP contribution in [-0.2, 0) is 4.74 Å². The molecule has 0 amide bonds. The van der Waals surface area contributed by atoms with E-state index in [1.54, 1.807) is 36.4 Å². The third kappa shape index (κ3) is 3.11. The van der Waals surface area contributed by atoms with Gasteiger partial charge in [0, 0.05) is 0 Å². The van der Waals surface area contributed by atoms with Crippen LogP contribution in [0, 0.1) is 0 Å². The lowest BCUT2D eigenvalue weighted by molar-refractivity contribution is 0.0600. The second-order valence-electron chi connectivity index (χ2n) is 3.83. The Labute approximate surface area is 110 Å². The number of carbonyl (C=O) groups excluding carboxylic acids is 1. The van der Waals surface area contributed by atoms with Crippen molar-refractivity contribution in [2.24, 2.45) is 0 Å². The minimum absolute atomic E-state index is 0.356. The van der Waals surface area contributed by atoms with Gasteiger partial charge in [-0.2, -0.15) is 0 Å². The molecular formula is C14H18O3Si. The van der Waals surface area contributed by atoms with Gasteiger partial charge in [-0.1, -0.05) is 19.7 Å². The molecule has 18 heavy (non-hydrogen) atoms. The first-order valence-electron chi connectivity index (χ1n) is 5.75. The molecule has 96 valence electrons. The predicted octanol–water partition coefficient (Wildman–Crippen LogP) is 2.14. The summed E-state index contributed by atoms with van der Waals surface area (Å²) in [6, 6.07) is 6.85. The molecular weight excluding hydrogens is 244 g/mol. The van der Waals surface area contributed by atoms with E-state index in [0.29, 0.717) is 11.3 Å². The van der Waals surface area contributed by atoms with Crippen LogP contribution in [0.5, 0.6) is 5.75 Å². The van der Waals surface area contributed by atoms with Crippen molar-refractivity contribution >= 4 is 15.5 Å². The normalized spacial score (nSPS) is 11.2. The number of hydrogen-bond donors (Lipinski definition) is 0. The summed E-state index contributed by atoms with van der Waals surface area (Å²) in [5.41, 5.74) is 0.501. The van der Waals surface area contributed by atoms with Crippen LogP contribution in [0.4, 0.5) is 0 Å². The van der Waals surface area contributed by atoms with Crippen LogP contribution in [-0.4, -0.2) is 27.8 Å². The van der Waals surface area contributed by atoms with Crippen molar-refractivity contribution in [1.29, 1.82) is 0 Å². The first-order chi connectivity index (χ1) is 8.60. The molecule has 1 aromatic carbocycles. The number of carbonyl (C=O) groups is 1. The lowest BCUT2D eigenvalue weighted by Crippen LogP contribution is -2.36. The Balaban J connectivity index is 2.89. The van der Waals surface area contributed by atoms with Crippen LogP contribution in [0.3, 0.4) is 0 Å². The highest BCUT2D eigenvalue weighted by atomic mass is 28.2. The number of esters is 1. The van der Waals surface area contributed by atoms with E-state index in [9.17, 15) is 4.79 Å². The maximum atomic E-state index is 11.3. The first kappa shape index (κ1) is 14.2. The van der Waals surface area contributed by atoms with E-state index in [1.807, 2.05) is 0 Å². The Morgan fingerprint density at radius 1 is 1.28 bits per heavy atom. The van der Waals surface area contributed by atoms with E-state index in [0.717, 1.165) is 0 Å². The minimum Gasteiger partial charge on any atom is -0.484 e. The molecule has 0 atom stereocenters. The summed E-state index contributed by atoms with van der Waals surface area (Å²) in [7, 11) is 0.855. The zero-order valence-electron chi connectivity index (χ0n) is 10.8. The van der Waals surface area contributed by atoms with Crippen LogP contribution in [0.1, 0.15) is 10.4 Å². The fourth-order valence-corrected chi connectivity index (χ4v) is 2.41. The largest absolute Gasteiger partial charge is 0.484 e. The van der Waals surface area contributed by atoms with Gasteiger partial charge < -0.3 is 9.47 Å². The third-order valence-electron chi connectivity index (χ3n) is 2.83. The van der Waals surface area contributed by atoms with Gasteiger partial charge in [-0.15, -0.1) is 0 Å². The van der Waals surface area contributed by atoms with Gasteiger partial charge >= 0.3 is 5.97 Å². The summed E-state index contributed by atoms with van der Waals surface area (Å²) >= 11 is 0. The van der Waals surface area contributed by atoms with Gasteiger partial charge in [-0.05, 0) is 36.4 Å². The summed E-state index contributed by atoms with van der Waals surface area (Å²) < 4.78 is 10.5. The van der Waals surface area contributed by atoms with Crippen molar-refractivity contribution in [3.63, 3.8) is 0 Å². The molecule has 0 radical (unpaired) electrons. The van der Waals surface area contributed by atoms with Gasteiger partial charge in [0.1, 0.15) is 11.0 Å². The van der Waals surface area contributed by atoms with Crippen molar-refractivity contribution in [3.8, 4) is 5.75 Å². The van der Waals surface area contributed by atoms with E-state index in [1.165, 1.54) is 7.11 Å². The maximum absolute atomic E-state index is 11.3. The number of ether oxygens (including phenoxy) is 2. The van der Waals surface area contributed by atoms with Crippen LogP contribution in [0.2, 0.25) is 6.55 Å². The smallest absolute Gasteiger partial charge is 0.337 e. The van der Waals surface area contributed by atoms with Gasteiger partial charge in [0.2, 0.25) is 0 Å². The zero-order chi connectivity index (χ0) is 13.6. The van der Waals surface area contributed by atoms with Crippen molar-refractivity contribution in [2.45, 2.75) is 11.8 Å². The molecule has 0 heterocycles. The van der Waals surface area contributed by atoms with Crippen molar-refractivity contribution < 1.29 is 14.3 Å². The van der Waals surface area contributed by atoms with Crippen LogP contribution < -0.4 is 4.74 Å². The van der Waals surface area contributed by atoms with E-state index >= 15 is 0 Å². The molecule has 1 rings (SSSR count). The minimum atomic E-state index is -0.502. The van der Waals surface area contributed by atoms with Gasteiger partial charge in [-0.25, -0.2) is 4.79 Å². The molecule has 3 nitrogen and oxygen atoms in total. The van der Waals surface area contributed by atoms with Gasteiger partial charge in [0.15, 0.2) is 0 Å². The molecule has 0 aromatic heterocycles.